The van der Waals surface area contributed by atoms with E-state index in [0.29, 0.717) is 6.42 Å². The Morgan fingerprint density at radius 1 is 1.14 bits per heavy atom. The molecule has 1 aromatic rings. The quantitative estimate of drug-likeness (QED) is 0.607. The molecule has 0 fully saturated rings. The molecular weight excluding hydrogens is 476 g/mol. The van der Waals surface area contributed by atoms with Crippen LogP contribution in [0, 0.1) is 30.1 Å². The second-order valence-corrected chi connectivity index (χ2v) is 12.0. The summed E-state index contributed by atoms with van der Waals surface area (Å²) in [6, 6.07) is -0.232. The molecule has 0 saturated heterocycles. The van der Waals surface area contributed by atoms with E-state index in [2.05, 4.69) is 4.98 Å². The molecule has 0 bridgehead atoms. The maximum absolute atomic E-state index is 13.3. The summed E-state index contributed by atoms with van der Waals surface area (Å²) in [6.07, 6.45) is 4.05. The number of likely N-dealkylation sites (N-methyl/N-ethyl adjacent to an activating group) is 1. The summed E-state index contributed by atoms with van der Waals surface area (Å²) >= 11 is 1.56. The Labute approximate surface area is 219 Å². The van der Waals surface area contributed by atoms with Crippen molar-refractivity contribution in [2.75, 3.05) is 7.05 Å². The van der Waals surface area contributed by atoms with Crippen molar-refractivity contribution in [1.29, 1.82) is 0 Å². The predicted molar refractivity (Wildman–Crippen MR) is 143 cm³/mol. The second-order valence-electron chi connectivity index (χ2n) is 10.9. The number of carbonyl (C=O) groups is 3. The number of Topliss-reactive ketones (excluding diaryl/α,β-unsaturated/α-hetero) is 1. The van der Waals surface area contributed by atoms with Crippen molar-refractivity contribution in [3.05, 3.63) is 33.8 Å². The fourth-order valence-corrected chi connectivity index (χ4v) is 5.25. The van der Waals surface area contributed by atoms with Gasteiger partial charge in [0.25, 0.3) is 0 Å². The van der Waals surface area contributed by atoms with Crippen LogP contribution in [0.25, 0.3) is 6.08 Å². The first-order valence-corrected chi connectivity index (χ1v) is 13.5. The van der Waals surface area contributed by atoms with Gasteiger partial charge in [0.15, 0.2) is 5.78 Å². The van der Waals surface area contributed by atoms with Crippen LogP contribution in [0.5, 0.6) is 0 Å². The van der Waals surface area contributed by atoms with E-state index in [1.807, 2.05) is 38.3 Å². The number of thiazole rings is 1. The number of ketones is 2. The van der Waals surface area contributed by atoms with Crippen LogP contribution in [0.15, 0.2) is 23.1 Å². The highest BCUT2D eigenvalue weighted by molar-refractivity contribution is 7.09. The van der Waals surface area contributed by atoms with Gasteiger partial charge in [-0.1, -0.05) is 40.7 Å². The van der Waals surface area contributed by atoms with Crippen molar-refractivity contribution >= 4 is 34.9 Å². The summed E-state index contributed by atoms with van der Waals surface area (Å²) in [4.78, 5) is 45.5. The topological polar surface area (TPSA) is 108 Å². The van der Waals surface area contributed by atoms with E-state index in [1.54, 1.807) is 51.0 Å². The minimum absolute atomic E-state index is 0.0649. The third kappa shape index (κ3) is 7.20. The van der Waals surface area contributed by atoms with E-state index in [1.165, 1.54) is 6.08 Å². The highest BCUT2D eigenvalue weighted by Crippen LogP contribution is 2.32. The number of aromatic nitrogens is 1. The van der Waals surface area contributed by atoms with Gasteiger partial charge < -0.3 is 15.1 Å². The second kappa shape index (κ2) is 12.4. The molecule has 0 radical (unpaired) electrons. The van der Waals surface area contributed by atoms with Crippen molar-refractivity contribution in [2.24, 2.45) is 23.2 Å². The first kappa shape index (κ1) is 30.1. The van der Waals surface area contributed by atoms with Gasteiger partial charge in [-0.15, -0.1) is 11.3 Å². The summed E-state index contributed by atoms with van der Waals surface area (Å²) in [7, 11) is 1.72. The molecule has 1 aromatic heterocycles. The maximum atomic E-state index is 13.3. The number of hydrogen-bond acceptors (Lipinski definition) is 7. The lowest BCUT2D eigenvalue weighted by atomic mass is 9.73. The number of aryl methyl sites for hydroxylation is 1. The molecule has 0 saturated carbocycles. The monoisotopic (exact) mass is 518 g/mol. The van der Waals surface area contributed by atoms with Gasteiger partial charge in [-0.2, -0.15) is 0 Å². The Hall–Kier alpha value is -2.16. The van der Waals surface area contributed by atoms with Crippen molar-refractivity contribution in [3.8, 4) is 0 Å². The maximum Gasteiger partial charge on any atom is 0.225 e. The minimum atomic E-state index is -1.28. The van der Waals surface area contributed by atoms with Gasteiger partial charge in [0.05, 0.1) is 40.8 Å². The van der Waals surface area contributed by atoms with Gasteiger partial charge >= 0.3 is 0 Å². The van der Waals surface area contributed by atoms with Crippen molar-refractivity contribution < 1.29 is 24.6 Å². The molecule has 0 aromatic carbocycles. The SMILES string of the molecule is CC(=Cc1csc(C)n1)C1CCC(C)C=CC(=O)C(C)C(O)C(C)C(=O)C(C)(C)C(O)CC(=O)N1C. The average molecular weight is 519 g/mol. The standard InChI is InChI=1S/C28H42N2O5S/c1-16-9-11-22(17(2)13-21-15-36-20(5)29-21)30(8)25(33)14-24(32)28(6,7)27(35)19(4)26(34)18(3)23(31)12-10-16/h10,12-13,15-16,18-19,22,24,26,32,34H,9,11,14H2,1-8H3. The zero-order chi connectivity index (χ0) is 27.4. The molecule has 8 heteroatoms. The number of rotatable bonds is 2. The molecule has 36 heavy (non-hydrogen) atoms. The summed E-state index contributed by atoms with van der Waals surface area (Å²) in [5.41, 5.74) is 0.536. The fourth-order valence-electron chi connectivity index (χ4n) is 4.68. The Bertz CT molecular complexity index is 1010. The van der Waals surface area contributed by atoms with E-state index in [-0.39, 0.29) is 35.9 Å². The lowest BCUT2D eigenvalue weighted by molar-refractivity contribution is -0.145. The Balaban J connectivity index is 2.45. The number of hydrogen-bond donors (Lipinski definition) is 2. The van der Waals surface area contributed by atoms with Crippen molar-refractivity contribution in [2.45, 2.75) is 86.0 Å². The van der Waals surface area contributed by atoms with Gasteiger partial charge in [-0.3, -0.25) is 14.4 Å². The van der Waals surface area contributed by atoms with Gasteiger partial charge in [0, 0.05) is 24.3 Å². The molecule has 7 nitrogen and oxygen atoms in total. The van der Waals surface area contributed by atoms with Gasteiger partial charge in [-0.25, -0.2) is 4.98 Å². The van der Waals surface area contributed by atoms with Gasteiger partial charge in [0.1, 0.15) is 5.78 Å². The number of nitrogens with zero attached hydrogens (tertiary/aromatic N) is 2. The Morgan fingerprint density at radius 2 is 1.78 bits per heavy atom. The van der Waals surface area contributed by atoms with Crippen LogP contribution in [-0.4, -0.2) is 62.9 Å². The molecule has 6 atom stereocenters. The van der Waals surface area contributed by atoms with E-state index < -0.39 is 29.5 Å². The first-order valence-electron chi connectivity index (χ1n) is 12.6. The van der Waals surface area contributed by atoms with Crippen LogP contribution in [0.1, 0.15) is 71.5 Å². The summed E-state index contributed by atoms with van der Waals surface area (Å²) < 4.78 is 0. The van der Waals surface area contributed by atoms with E-state index in [0.717, 1.165) is 22.7 Å². The number of allylic oxidation sites excluding steroid dienone is 2. The number of carbonyl (C=O) groups excluding carboxylic acids is 3. The van der Waals surface area contributed by atoms with E-state index in [4.69, 9.17) is 0 Å². The van der Waals surface area contributed by atoms with Crippen LogP contribution in [0.3, 0.4) is 0 Å². The lowest BCUT2D eigenvalue weighted by Gasteiger charge is -2.36. The minimum Gasteiger partial charge on any atom is -0.392 e. The van der Waals surface area contributed by atoms with Crippen LogP contribution in [-0.2, 0) is 14.4 Å². The first-order chi connectivity index (χ1) is 16.7. The normalized spacial score (nSPS) is 31.7. The van der Waals surface area contributed by atoms with Gasteiger partial charge in [-0.05, 0) is 50.3 Å². The Morgan fingerprint density at radius 3 is 2.36 bits per heavy atom. The Kier molecular flexibility index (Phi) is 10.3. The highest BCUT2D eigenvalue weighted by atomic mass is 32.1. The molecule has 6 unspecified atom stereocenters. The lowest BCUT2D eigenvalue weighted by Crippen LogP contribution is -2.48. The van der Waals surface area contributed by atoms with Crippen LogP contribution in [0.2, 0.25) is 0 Å². The number of aliphatic hydroxyl groups is 2. The summed E-state index contributed by atoms with van der Waals surface area (Å²) in [5, 5.41) is 24.7. The van der Waals surface area contributed by atoms with E-state index in [9.17, 15) is 24.6 Å². The predicted octanol–water partition coefficient (Wildman–Crippen LogP) is 4.22. The van der Waals surface area contributed by atoms with E-state index >= 15 is 0 Å². The fraction of sp³-hybridized carbons (Fsp3) is 0.643. The average Bonchev–Trinajstić information content (AvgIpc) is 3.23. The van der Waals surface area contributed by atoms with Crippen molar-refractivity contribution in [1.82, 2.24) is 9.88 Å². The molecular formula is C28H42N2O5S. The summed E-state index contributed by atoms with van der Waals surface area (Å²) in [6.45, 7) is 12.3. The molecule has 1 aliphatic rings. The molecule has 2 N–H and O–H groups in total. The third-order valence-corrected chi connectivity index (χ3v) is 8.40. The smallest absolute Gasteiger partial charge is 0.225 e. The molecule has 0 aliphatic carbocycles. The molecule has 0 spiro atoms. The molecule has 1 amide bonds. The van der Waals surface area contributed by atoms with Gasteiger partial charge in [0.2, 0.25) is 5.91 Å². The van der Waals surface area contributed by atoms with Crippen molar-refractivity contribution in [3.63, 3.8) is 0 Å². The zero-order valence-corrected chi connectivity index (χ0v) is 23.6. The highest BCUT2D eigenvalue weighted by Gasteiger charge is 2.43. The molecule has 200 valence electrons. The largest absolute Gasteiger partial charge is 0.392 e. The summed E-state index contributed by atoms with van der Waals surface area (Å²) in [5.74, 6) is -2.45. The zero-order valence-electron chi connectivity index (χ0n) is 22.8. The van der Waals surface area contributed by atoms with Crippen LogP contribution >= 0.6 is 11.3 Å². The molecule has 1 aliphatic heterocycles. The number of aliphatic hydroxyl groups excluding tert-OH is 2. The molecule has 2 heterocycles. The number of amides is 1. The van der Waals surface area contributed by atoms with Crippen LogP contribution in [0.4, 0.5) is 0 Å². The van der Waals surface area contributed by atoms with Crippen LogP contribution < -0.4 is 0 Å². The molecule has 2 rings (SSSR count). The third-order valence-electron chi connectivity index (χ3n) is 7.61.